The van der Waals surface area contributed by atoms with Crippen molar-refractivity contribution in [2.75, 3.05) is 0 Å². The van der Waals surface area contributed by atoms with Crippen LogP contribution < -0.4 is 5.73 Å². The molecule has 0 aliphatic carbocycles. The van der Waals surface area contributed by atoms with Crippen LogP contribution in [0.5, 0.6) is 0 Å². The van der Waals surface area contributed by atoms with Gasteiger partial charge in [-0.1, -0.05) is 0 Å². The van der Waals surface area contributed by atoms with Gasteiger partial charge in [0.05, 0.1) is 6.07 Å². The molecule has 1 aromatic rings. The highest BCUT2D eigenvalue weighted by atomic mass is 16.4. The SMILES string of the molecule is N#C[C@@H](N)c1ccc(CO)o1. The zero-order valence-corrected chi connectivity index (χ0v) is 5.82. The van der Waals surface area contributed by atoms with Crippen LogP contribution in [0.4, 0.5) is 0 Å². The van der Waals surface area contributed by atoms with Crippen LogP contribution in [0.1, 0.15) is 17.6 Å². The second-order valence-corrected chi connectivity index (χ2v) is 2.07. The molecule has 0 bridgehead atoms. The second-order valence-electron chi connectivity index (χ2n) is 2.07. The highest BCUT2D eigenvalue weighted by Crippen LogP contribution is 2.13. The van der Waals surface area contributed by atoms with Gasteiger partial charge in [0.15, 0.2) is 6.04 Å². The summed E-state index contributed by atoms with van der Waals surface area (Å²) < 4.78 is 4.99. The van der Waals surface area contributed by atoms with Crippen LogP contribution in [0.15, 0.2) is 16.5 Å². The third-order valence-electron chi connectivity index (χ3n) is 1.28. The molecule has 4 nitrogen and oxygen atoms in total. The summed E-state index contributed by atoms with van der Waals surface area (Å²) in [5, 5.41) is 17.0. The van der Waals surface area contributed by atoms with E-state index >= 15 is 0 Å². The molecule has 1 aromatic heterocycles. The van der Waals surface area contributed by atoms with Crippen LogP contribution in [-0.4, -0.2) is 5.11 Å². The molecule has 1 heterocycles. The summed E-state index contributed by atoms with van der Waals surface area (Å²) in [7, 11) is 0. The fourth-order valence-electron chi connectivity index (χ4n) is 0.710. The van der Waals surface area contributed by atoms with Crippen molar-refractivity contribution in [3.8, 4) is 6.07 Å². The molecule has 0 fully saturated rings. The van der Waals surface area contributed by atoms with Crippen LogP contribution >= 0.6 is 0 Å². The summed E-state index contributed by atoms with van der Waals surface area (Å²) >= 11 is 0. The number of nitrogens with two attached hydrogens (primary N) is 1. The van der Waals surface area contributed by atoms with Gasteiger partial charge < -0.3 is 15.3 Å². The molecule has 0 amide bonds. The molecule has 58 valence electrons. The fourth-order valence-corrected chi connectivity index (χ4v) is 0.710. The largest absolute Gasteiger partial charge is 0.461 e. The minimum atomic E-state index is -0.740. The van der Waals surface area contributed by atoms with Crippen molar-refractivity contribution < 1.29 is 9.52 Å². The summed E-state index contributed by atoms with van der Waals surface area (Å²) in [6.07, 6.45) is 0. The molecule has 3 N–H and O–H groups in total. The van der Waals surface area contributed by atoms with Gasteiger partial charge in [0.2, 0.25) is 0 Å². The van der Waals surface area contributed by atoms with Gasteiger partial charge in [0, 0.05) is 0 Å². The maximum Gasteiger partial charge on any atom is 0.151 e. The number of nitrogens with zero attached hydrogens (tertiary/aromatic N) is 1. The summed E-state index contributed by atoms with van der Waals surface area (Å²) in [4.78, 5) is 0. The van der Waals surface area contributed by atoms with E-state index in [-0.39, 0.29) is 6.61 Å². The van der Waals surface area contributed by atoms with Crippen molar-refractivity contribution in [2.45, 2.75) is 12.6 Å². The van der Waals surface area contributed by atoms with E-state index in [1.807, 2.05) is 6.07 Å². The Morgan fingerprint density at radius 1 is 1.73 bits per heavy atom. The number of hydrogen-bond donors (Lipinski definition) is 2. The van der Waals surface area contributed by atoms with Gasteiger partial charge in [-0.2, -0.15) is 5.26 Å². The van der Waals surface area contributed by atoms with Crippen LogP contribution in [-0.2, 0) is 6.61 Å². The van der Waals surface area contributed by atoms with Gasteiger partial charge in [-0.25, -0.2) is 0 Å². The molecule has 4 heteroatoms. The molecule has 0 spiro atoms. The van der Waals surface area contributed by atoms with Crippen molar-refractivity contribution in [3.63, 3.8) is 0 Å². The first-order chi connectivity index (χ1) is 5.27. The number of rotatable bonds is 2. The zero-order valence-electron chi connectivity index (χ0n) is 5.82. The molecule has 11 heavy (non-hydrogen) atoms. The molecular weight excluding hydrogens is 144 g/mol. The summed E-state index contributed by atoms with van der Waals surface area (Å²) in [6, 6.07) is 4.25. The summed E-state index contributed by atoms with van der Waals surface area (Å²) in [5.74, 6) is 0.808. The molecule has 0 radical (unpaired) electrons. The first-order valence-corrected chi connectivity index (χ1v) is 3.12. The molecule has 0 saturated carbocycles. The van der Waals surface area contributed by atoms with Crippen molar-refractivity contribution in [2.24, 2.45) is 5.73 Å². The molecule has 1 rings (SSSR count). The number of furan rings is 1. The first kappa shape index (κ1) is 7.79. The van der Waals surface area contributed by atoms with Gasteiger partial charge in [-0.15, -0.1) is 0 Å². The van der Waals surface area contributed by atoms with Gasteiger partial charge in [-0.05, 0) is 12.1 Å². The predicted molar refractivity (Wildman–Crippen MR) is 37.2 cm³/mol. The Bertz CT molecular complexity index is 274. The third-order valence-corrected chi connectivity index (χ3v) is 1.28. The van der Waals surface area contributed by atoms with Gasteiger partial charge >= 0.3 is 0 Å². The van der Waals surface area contributed by atoms with Crippen molar-refractivity contribution >= 4 is 0 Å². The maximum atomic E-state index is 8.59. The summed E-state index contributed by atoms with van der Waals surface area (Å²) in [6.45, 7) is -0.169. The Morgan fingerprint density at radius 3 is 2.91 bits per heavy atom. The van der Waals surface area contributed by atoms with Crippen molar-refractivity contribution in [1.82, 2.24) is 0 Å². The fraction of sp³-hybridized carbons (Fsp3) is 0.286. The number of aliphatic hydroxyl groups is 1. The lowest BCUT2D eigenvalue weighted by Gasteiger charge is -1.94. The predicted octanol–water partition coefficient (Wildman–Crippen LogP) is 0.295. The molecule has 0 aliphatic heterocycles. The highest BCUT2D eigenvalue weighted by Gasteiger charge is 2.08. The van der Waals surface area contributed by atoms with E-state index in [0.717, 1.165) is 0 Å². The Morgan fingerprint density at radius 2 is 2.45 bits per heavy atom. The smallest absolute Gasteiger partial charge is 0.151 e. The molecule has 0 unspecified atom stereocenters. The van der Waals surface area contributed by atoms with Gasteiger partial charge in [-0.3, -0.25) is 0 Å². The van der Waals surface area contributed by atoms with E-state index in [1.54, 1.807) is 12.1 Å². The third kappa shape index (κ3) is 1.58. The minimum Gasteiger partial charge on any atom is -0.461 e. The van der Waals surface area contributed by atoms with Crippen molar-refractivity contribution in [1.29, 1.82) is 5.26 Å². The zero-order chi connectivity index (χ0) is 8.27. The Balaban J connectivity index is 2.82. The second kappa shape index (κ2) is 3.19. The topological polar surface area (TPSA) is 83.2 Å². The Labute approximate surface area is 63.8 Å². The normalized spacial score (nSPS) is 12.5. The van der Waals surface area contributed by atoms with Crippen molar-refractivity contribution in [3.05, 3.63) is 23.7 Å². The van der Waals surface area contributed by atoms with Crippen LogP contribution in [0.25, 0.3) is 0 Å². The van der Waals surface area contributed by atoms with E-state index < -0.39 is 6.04 Å². The lowest BCUT2D eigenvalue weighted by molar-refractivity contribution is 0.243. The number of aliphatic hydroxyl groups excluding tert-OH is 1. The van der Waals surface area contributed by atoms with Gasteiger partial charge in [0.1, 0.15) is 18.1 Å². The average Bonchev–Trinajstić information content (AvgIpc) is 2.50. The van der Waals surface area contributed by atoms with Crippen LogP contribution in [0.3, 0.4) is 0 Å². The average molecular weight is 152 g/mol. The van der Waals surface area contributed by atoms with E-state index in [2.05, 4.69) is 0 Å². The molecule has 0 aliphatic rings. The van der Waals surface area contributed by atoms with E-state index in [0.29, 0.717) is 11.5 Å². The summed E-state index contributed by atoms with van der Waals surface area (Å²) in [5.41, 5.74) is 5.33. The number of hydrogen-bond acceptors (Lipinski definition) is 4. The standard InChI is InChI=1S/C7H8N2O2/c8-3-6(9)7-2-1-5(4-10)11-7/h1-2,6,10H,4,9H2/t6-/m1/s1. The highest BCUT2D eigenvalue weighted by molar-refractivity contribution is 5.14. The van der Waals surface area contributed by atoms with Gasteiger partial charge in [0.25, 0.3) is 0 Å². The van der Waals surface area contributed by atoms with E-state index in [9.17, 15) is 0 Å². The van der Waals surface area contributed by atoms with Crippen LogP contribution in [0, 0.1) is 11.3 Å². The molecule has 0 aromatic carbocycles. The van der Waals surface area contributed by atoms with E-state index in [1.165, 1.54) is 0 Å². The maximum absolute atomic E-state index is 8.59. The van der Waals surface area contributed by atoms with Crippen LogP contribution in [0.2, 0.25) is 0 Å². The molecule has 1 atom stereocenters. The lowest BCUT2D eigenvalue weighted by atomic mass is 10.3. The van der Waals surface area contributed by atoms with E-state index in [4.69, 9.17) is 20.5 Å². The quantitative estimate of drug-likeness (QED) is 0.638. The molecular formula is C7H8N2O2. The minimum absolute atomic E-state index is 0.169. The lowest BCUT2D eigenvalue weighted by Crippen LogP contribution is -2.05. The molecule has 0 saturated heterocycles. The Kier molecular flexibility index (Phi) is 2.26. The Hall–Kier alpha value is -1.31. The monoisotopic (exact) mass is 152 g/mol. The first-order valence-electron chi connectivity index (χ1n) is 3.12. The number of nitriles is 1.